The van der Waals surface area contributed by atoms with Gasteiger partial charge in [0.2, 0.25) is 11.8 Å². The van der Waals surface area contributed by atoms with Crippen LogP contribution in [-0.2, 0) is 39.8 Å². The van der Waals surface area contributed by atoms with Gasteiger partial charge in [-0.25, -0.2) is 4.79 Å². The van der Waals surface area contributed by atoms with Gasteiger partial charge in [-0.1, -0.05) is 12.8 Å². The number of imide groups is 1. The number of ether oxygens (including phenoxy) is 1. The second-order valence-corrected chi connectivity index (χ2v) is 6.80. The van der Waals surface area contributed by atoms with Gasteiger partial charge in [-0.15, -0.1) is 0 Å². The molecule has 1 saturated carbocycles. The summed E-state index contributed by atoms with van der Waals surface area (Å²) in [6.45, 7) is -0.729. The molecule has 0 spiro atoms. The Hall–Kier alpha value is -2.71. The van der Waals surface area contributed by atoms with Crippen LogP contribution < -0.4 is 11.2 Å². The van der Waals surface area contributed by atoms with E-state index in [1.165, 1.54) is 24.7 Å². The van der Waals surface area contributed by atoms with Crippen molar-refractivity contribution in [2.45, 2.75) is 32.3 Å². The predicted molar refractivity (Wildman–Crippen MR) is 88.9 cm³/mol. The molecule has 2 unspecified atom stereocenters. The zero-order valence-electron chi connectivity index (χ0n) is 14.8. The monoisotopic (exact) mass is 363 g/mol. The largest absolute Gasteiger partial charge is 0.458 e. The molecule has 2 amide bonds. The third kappa shape index (κ3) is 3.09. The third-order valence-electron chi connectivity index (χ3n) is 5.23. The quantitative estimate of drug-likeness (QED) is 0.517. The van der Waals surface area contributed by atoms with E-state index < -0.39 is 23.8 Å². The number of aromatic nitrogens is 2. The van der Waals surface area contributed by atoms with Gasteiger partial charge in [-0.3, -0.25) is 33.2 Å². The van der Waals surface area contributed by atoms with Gasteiger partial charge in [0.05, 0.1) is 17.5 Å². The number of nitrogens with zero attached hydrogens (tertiary/aromatic N) is 3. The Balaban J connectivity index is 1.65. The van der Waals surface area contributed by atoms with Gasteiger partial charge in [-0.2, -0.15) is 0 Å². The number of hydrogen-bond donors (Lipinski definition) is 0. The number of carbonyl (C=O) groups excluding carboxylic acids is 3. The third-order valence-corrected chi connectivity index (χ3v) is 5.23. The average Bonchev–Trinajstić information content (AvgIpc) is 2.87. The highest BCUT2D eigenvalue weighted by atomic mass is 16.5. The molecule has 0 N–H and O–H groups in total. The highest BCUT2D eigenvalue weighted by molar-refractivity contribution is 6.07. The molecular formula is C17H21N3O6. The SMILES string of the molecule is Cn1c(COC(=O)CN2C(=O)C3CCCCC3C2=O)cc(=O)n(C)c1=O. The fourth-order valence-corrected chi connectivity index (χ4v) is 3.63. The summed E-state index contributed by atoms with van der Waals surface area (Å²) in [5.74, 6) is -2.00. The van der Waals surface area contributed by atoms with Crippen LogP contribution in [0.5, 0.6) is 0 Å². The zero-order chi connectivity index (χ0) is 19.0. The van der Waals surface area contributed by atoms with E-state index in [-0.39, 0.29) is 36.0 Å². The van der Waals surface area contributed by atoms with Crippen LogP contribution in [0.3, 0.4) is 0 Å². The number of hydrogen-bond acceptors (Lipinski definition) is 6. The van der Waals surface area contributed by atoms with Crippen molar-refractivity contribution in [1.29, 1.82) is 0 Å². The first-order chi connectivity index (χ1) is 12.3. The summed E-state index contributed by atoms with van der Waals surface area (Å²) in [4.78, 5) is 61.3. The van der Waals surface area contributed by atoms with E-state index in [1.807, 2.05) is 0 Å². The molecule has 9 nitrogen and oxygen atoms in total. The molecule has 1 saturated heterocycles. The van der Waals surface area contributed by atoms with Gasteiger partial charge in [0.25, 0.3) is 5.56 Å². The van der Waals surface area contributed by atoms with Crippen molar-refractivity contribution in [1.82, 2.24) is 14.0 Å². The van der Waals surface area contributed by atoms with Crippen LogP contribution in [0.15, 0.2) is 15.7 Å². The van der Waals surface area contributed by atoms with E-state index in [2.05, 4.69) is 0 Å². The van der Waals surface area contributed by atoms with E-state index in [0.29, 0.717) is 12.8 Å². The minimum Gasteiger partial charge on any atom is -0.458 e. The molecule has 3 rings (SSSR count). The summed E-state index contributed by atoms with van der Waals surface area (Å²) < 4.78 is 7.22. The molecule has 140 valence electrons. The number of amides is 2. The highest BCUT2D eigenvalue weighted by Gasteiger charge is 2.48. The molecule has 0 aromatic carbocycles. The molecule has 2 fully saturated rings. The van der Waals surface area contributed by atoms with Gasteiger partial charge < -0.3 is 4.74 Å². The van der Waals surface area contributed by atoms with Crippen molar-refractivity contribution in [3.63, 3.8) is 0 Å². The second kappa shape index (κ2) is 6.89. The van der Waals surface area contributed by atoms with Crippen LogP contribution >= 0.6 is 0 Å². The summed E-state index contributed by atoms with van der Waals surface area (Å²) in [5, 5.41) is 0. The van der Waals surface area contributed by atoms with E-state index >= 15 is 0 Å². The Morgan fingerprint density at radius 2 is 1.62 bits per heavy atom. The molecule has 1 aliphatic heterocycles. The number of carbonyl (C=O) groups is 3. The maximum absolute atomic E-state index is 12.3. The van der Waals surface area contributed by atoms with Crippen LogP contribution in [0.2, 0.25) is 0 Å². The lowest BCUT2D eigenvalue weighted by atomic mass is 9.81. The van der Waals surface area contributed by atoms with Gasteiger partial charge in [0, 0.05) is 20.2 Å². The molecule has 2 heterocycles. The van der Waals surface area contributed by atoms with Gasteiger partial charge >= 0.3 is 11.7 Å². The van der Waals surface area contributed by atoms with E-state index in [0.717, 1.165) is 22.3 Å². The van der Waals surface area contributed by atoms with Crippen molar-refractivity contribution < 1.29 is 19.1 Å². The molecule has 26 heavy (non-hydrogen) atoms. The van der Waals surface area contributed by atoms with Gasteiger partial charge in [0.15, 0.2) is 0 Å². The number of rotatable bonds is 4. The Morgan fingerprint density at radius 3 is 2.19 bits per heavy atom. The smallest absolute Gasteiger partial charge is 0.330 e. The van der Waals surface area contributed by atoms with Crippen LogP contribution in [-0.4, -0.2) is 38.4 Å². The molecule has 1 aromatic rings. The van der Waals surface area contributed by atoms with Gasteiger partial charge in [0.1, 0.15) is 13.2 Å². The summed E-state index contributed by atoms with van der Waals surface area (Å²) in [7, 11) is 2.81. The predicted octanol–water partition coefficient (Wildman–Crippen LogP) is -0.698. The molecule has 1 aromatic heterocycles. The van der Waals surface area contributed by atoms with Crippen molar-refractivity contribution >= 4 is 17.8 Å². The van der Waals surface area contributed by atoms with Crippen LogP contribution in [0.1, 0.15) is 31.4 Å². The maximum Gasteiger partial charge on any atom is 0.330 e. The lowest BCUT2D eigenvalue weighted by Gasteiger charge is -2.19. The van der Waals surface area contributed by atoms with Crippen molar-refractivity contribution in [2.75, 3.05) is 6.54 Å². The first-order valence-corrected chi connectivity index (χ1v) is 8.58. The number of likely N-dealkylation sites (tertiary alicyclic amines) is 1. The van der Waals surface area contributed by atoms with E-state index in [4.69, 9.17) is 4.74 Å². The standard InChI is InChI=1S/C17H21N3O6/c1-18-10(7-13(21)19(2)17(18)25)9-26-14(22)8-20-15(23)11-5-3-4-6-12(11)16(20)24/h7,11-12H,3-6,8-9H2,1-2H3. The minimum absolute atomic E-state index is 0.235. The lowest BCUT2D eigenvalue weighted by molar-refractivity contribution is -0.154. The molecular weight excluding hydrogens is 342 g/mol. The Bertz CT molecular complexity index is 859. The number of fused-ring (bicyclic) bond motifs is 1. The first-order valence-electron chi connectivity index (χ1n) is 8.58. The summed E-state index contributed by atoms with van der Waals surface area (Å²) in [6, 6.07) is 1.20. The first kappa shape index (κ1) is 18.1. The normalized spacial score (nSPS) is 22.5. The fraction of sp³-hybridized carbons (Fsp3) is 0.588. The number of esters is 1. The molecule has 0 bridgehead atoms. The summed E-state index contributed by atoms with van der Waals surface area (Å²) in [6.07, 6.45) is 3.18. The van der Waals surface area contributed by atoms with Gasteiger partial charge in [-0.05, 0) is 12.8 Å². The maximum atomic E-state index is 12.3. The van der Waals surface area contributed by atoms with Crippen LogP contribution in [0.4, 0.5) is 0 Å². The highest BCUT2D eigenvalue weighted by Crippen LogP contribution is 2.37. The minimum atomic E-state index is -0.751. The molecule has 0 radical (unpaired) electrons. The van der Waals surface area contributed by atoms with Crippen molar-refractivity contribution in [2.24, 2.45) is 25.9 Å². The summed E-state index contributed by atoms with van der Waals surface area (Å²) in [5.41, 5.74) is -0.801. The van der Waals surface area contributed by atoms with Crippen LogP contribution in [0, 0.1) is 11.8 Å². The fourth-order valence-electron chi connectivity index (χ4n) is 3.63. The molecule has 1 aliphatic carbocycles. The van der Waals surface area contributed by atoms with E-state index in [9.17, 15) is 24.0 Å². The Kier molecular flexibility index (Phi) is 4.80. The second-order valence-electron chi connectivity index (χ2n) is 6.80. The molecule has 2 aliphatic rings. The Morgan fingerprint density at radius 1 is 1.04 bits per heavy atom. The Labute approximate surface area is 149 Å². The lowest BCUT2D eigenvalue weighted by Crippen LogP contribution is -2.39. The van der Waals surface area contributed by atoms with Crippen molar-refractivity contribution in [3.8, 4) is 0 Å². The average molecular weight is 363 g/mol. The van der Waals surface area contributed by atoms with Crippen molar-refractivity contribution in [3.05, 3.63) is 32.6 Å². The summed E-state index contributed by atoms with van der Waals surface area (Å²) >= 11 is 0. The molecule has 9 heteroatoms. The van der Waals surface area contributed by atoms with E-state index in [1.54, 1.807) is 0 Å². The molecule has 2 atom stereocenters. The zero-order valence-corrected chi connectivity index (χ0v) is 14.8. The van der Waals surface area contributed by atoms with Crippen LogP contribution in [0.25, 0.3) is 0 Å². The topological polar surface area (TPSA) is 108 Å².